The summed E-state index contributed by atoms with van der Waals surface area (Å²) in [5, 5.41) is 13.6. The van der Waals surface area contributed by atoms with Crippen molar-refractivity contribution >= 4 is 28.9 Å². The Hall–Kier alpha value is -2.47. The van der Waals surface area contributed by atoms with E-state index >= 15 is 0 Å². The lowest BCUT2D eigenvalue weighted by atomic mass is 10.1. The van der Waals surface area contributed by atoms with Crippen LogP contribution in [-0.4, -0.2) is 10.8 Å². The molecule has 2 aromatic carbocycles. The van der Waals surface area contributed by atoms with E-state index in [1.165, 1.54) is 0 Å². The minimum atomic E-state index is -0.799. The Bertz CT molecular complexity index is 734. The molecule has 0 heterocycles. The lowest BCUT2D eigenvalue weighted by molar-refractivity contribution is -0.385. The number of hydrogen-bond donors (Lipinski definition) is 1. The molecule has 7 heteroatoms. The number of nitro benzene ring substituents is 1. The molecule has 108 valence electrons. The molecule has 0 aromatic heterocycles. The monoisotopic (exact) mass is 308 g/mol. The van der Waals surface area contributed by atoms with Crippen LogP contribution in [0.3, 0.4) is 0 Å². The predicted molar refractivity (Wildman–Crippen MR) is 77.2 cm³/mol. The molecule has 0 radical (unpaired) electrons. The highest BCUT2D eigenvalue weighted by Crippen LogP contribution is 2.25. The highest BCUT2D eigenvalue weighted by molar-refractivity contribution is 6.34. The van der Waals surface area contributed by atoms with Crippen molar-refractivity contribution in [2.75, 3.05) is 5.32 Å². The predicted octanol–water partition coefficient (Wildman–Crippen LogP) is 3.95. The molecule has 1 N–H and O–H groups in total. The molecule has 21 heavy (non-hydrogen) atoms. The van der Waals surface area contributed by atoms with E-state index in [0.29, 0.717) is 10.7 Å². The van der Waals surface area contributed by atoms with Crippen molar-refractivity contribution < 1.29 is 14.1 Å². The molecule has 2 aromatic rings. The zero-order chi connectivity index (χ0) is 15.6. The number of benzene rings is 2. The van der Waals surface area contributed by atoms with Crippen LogP contribution in [0.5, 0.6) is 0 Å². The van der Waals surface area contributed by atoms with Crippen LogP contribution in [0.4, 0.5) is 15.8 Å². The summed E-state index contributed by atoms with van der Waals surface area (Å²) < 4.78 is 13.2. The maximum Gasteiger partial charge on any atom is 0.282 e. The second-order valence-corrected chi connectivity index (χ2v) is 4.76. The Labute approximate surface area is 124 Å². The van der Waals surface area contributed by atoms with Gasteiger partial charge in [-0.1, -0.05) is 17.7 Å². The highest BCUT2D eigenvalue weighted by Gasteiger charge is 2.21. The molecular formula is C14H10ClFN2O3. The van der Waals surface area contributed by atoms with Gasteiger partial charge in [0.2, 0.25) is 0 Å². The van der Waals surface area contributed by atoms with Gasteiger partial charge in [0, 0.05) is 6.07 Å². The van der Waals surface area contributed by atoms with E-state index in [-0.39, 0.29) is 5.56 Å². The summed E-state index contributed by atoms with van der Waals surface area (Å²) in [6.45, 7) is 1.83. The molecule has 0 unspecified atom stereocenters. The smallest absolute Gasteiger partial charge is 0.282 e. The molecule has 0 saturated heterocycles. The fourth-order valence-electron chi connectivity index (χ4n) is 1.76. The van der Waals surface area contributed by atoms with E-state index in [1.54, 1.807) is 18.2 Å². The third kappa shape index (κ3) is 3.35. The second kappa shape index (κ2) is 5.88. The van der Waals surface area contributed by atoms with Gasteiger partial charge in [0.05, 0.1) is 15.6 Å². The van der Waals surface area contributed by atoms with Crippen molar-refractivity contribution in [1.29, 1.82) is 0 Å². The van der Waals surface area contributed by atoms with Crippen molar-refractivity contribution in [2.24, 2.45) is 0 Å². The summed E-state index contributed by atoms with van der Waals surface area (Å²) in [6, 6.07) is 7.61. The van der Waals surface area contributed by atoms with Crippen LogP contribution in [0.15, 0.2) is 36.4 Å². The summed E-state index contributed by atoms with van der Waals surface area (Å²) >= 11 is 5.97. The number of nitrogens with zero attached hydrogens (tertiary/aromatic N) is 1. The molecule has 2 rings (SSSR count). The van der Waals surface area contributed by atoms with Crippen molar-refractivity contribution in [3.63, 3.8) is 0 Å². The maximum atomic E-state index is 13.2. The molecular weight excluding hydrogens is 299 g/mol. The molecule has 5 nitrogen and oxygen atoms in total. The lowest BCUT2D eigenvalue weighted by Crippen LogP contribution is -2.14. The second-order valence-electron chi connectivity index (χ2n) is 4.36. The van der Waals surface area contributed by atoms with Gasteiger partial charge in [0.15, 0.2) is 0 Å². The van der Waals surface area contributed by atoms with Crippen LogP contribution in [0.25, 0.3) is 0 Å². The number of amides is 1. The SMILES string of the molecule is Cc1ccc(NC(=O)c2cc(F)ccc2[N+](=O)[O-])c(Cl)c1. The van der Waals surface area contributed by atoms with Crippen LogP contribution < -0.4 is 5.32 Å². The van der Waals surface area contributed by atoms with E-state index in [4.69, 9.17) is 11.6 Å². The Morgan fingerprint density at radius 2 is 2.00 bits per heavy atom. The van der Waals surface area contributed by atoms with Gasteiger partial charge in [0.1, 0.15) is 11.4 Å². The maximum absolute atomic E-state index is 13.2. The summed E-state index contributed by atoms with van der Waals surface area (Å²) in [5.74, 6) is -1.53. The summed E-state index contributed by atoms with van der Waals surface area (Å²) in [4.78, 5) is 22.2. The Kier molecular flexibility index (Phi) is 4.18. The van der Waals surface area contributed by atoms with E-state index in [9.17, 15) is 19.3 Å². The number of carbonyl (C=O) groups excluding carboxylic acids is 1. The van der Waals surface area contributed by atoms with E-state index in [1.807, 2.05) is 6.92 Å². The van der Waals surface area contributed by atoms with Gasteiger partial charge in [-0.3, -0.25) is 14.9 Å². The number of rotatable bonds is 3. The van der Waals surface area contributed by atoms with E-state index < -0.39 is 22.3 Å². The zero-order valence-electron chi connectivity index (χ0n) is 10.9. The summed E-state index contributed by atoms with van der Waals surface area (Å²) in [5.41, 5.74) is 0.356. The van der Waals surface area contributed by atoms with E-state index in [0.717, 1.165) is 23.8 Å². The van der Waals surface area contributed by atoms with Gasteiger partial charge < -0.3 is 5.32 Å². The van der Waals surface area contributed by atoms with E-state index in [2.05, 4.69) is 5.32 Å². The third-order valence-electron chi connectivity index (χ3n) is 2.77. The number of nitro groups is 1. The minimum absolute atomic E-state index is 0.294. The largest absolute Gasteiger partial charge is 0.320 e. The van der Waals surface area contributed by atoms with Crippen LogP contribution in [0.1, 0.15) is 15.9 Å². The van der Waals surface area contributed by atoms with Crippen LogP contribution >= 0.6 is 11.6 Å². The third-order valence-corrected chi connectivity index (χ3v) is 3.09. The Morgan fingerprint density at radius 1 is 1.29 bits per heavy atom. The van der Waals surface area contributed by atoms with Gasteiger partial charge in [-0.15, -0.1) is 0 Å². The van der Waals surface area contributed by atoms with Crippen LogP contribution in [0.2, 0.25) is 5.02 Å². The first-order valence-corrected chi connectivity index (χ1v) is 6.27. The fourth-order valence-corrected chi connectivity index (χ4v) is 2.04. The first kappa shape index (κ1) is 14.9. The number of halogens is 2. The van der Waals surface area contributed by atoms with Gasteiger partial charge in [-0.05, 0) is 36.8 Å². The van der Waals surface area contributed by atoms with Crippen LogP contribution in [0, 0.1) is 22.9 Å². The highest BCUT2D eigenvalue weighted by atomic mass is 35.5. The number of aryl methyl sites for hydroxylation is 1. The Balaban J connectivity index is 2.36. The zero-order valence-corrected chi connectivity index (χ0v) is 11.6. The minimum Gasteiger partial charge on any atom is -0.320 e. The summed E-state index contributed by atoms with van der Waals surface area (Å²) in [6.07, 6.45) is 0. The topological polar surface area (TPSA) is 72.2 Å². The number of carbonyl (C=O) groups is 1. The molecule has 0 atom stereocenters. The number of anilines is 1. The normalized spacial score (nSPS) is 10.2. The van der Waals surface area contributed by atoms with Crippen molar-refractivity contribution in [1.82, 2.24) is 0 Å². The average molecular weight is 309 g/mol. The van der Waals surface area contributed by atoms with Crippen molar-refractivity contribution in [3.8, 4) is 0 Å². The fraction of sp³-hybridized carbons (Fsp3) is 0.0714. The average Bonchev–Trinajstić information content (AvgIpc) is 2.41. The first-order chi connectivity index (χ1) is 9.88. The Morgan fingerprint density at radius 3 is 2.62 bits per heavy atom. The molecule has 0 aliphatic carbocycles. The van der Waals surface area contributed by atoms with Crippen molar-refractivity contribution in [3.05, 3.63) is 68.5 Å². The molecule has 0 fully saturated rings. The molecule has 1 amide bonds. The first-order valence-electron chi connectivity index (χ1n) is 5.90. The van der Waals surface area contributed by atoms with Crippen LogP contribution in [-0.2, 0) is 0 Å². The quantitative estimate of drug-likeness (QED) is 0.689. The number of nitrogens with one attached hydrogen (secondary N) is 1. The summed E-state index contributed by atoms with van der Waals surface area (Å²) in [7, 11) is 0. The van der Waals surface area contributed by atoms with Gasteiger partial charge in [-0.25, -0.2) is 4.39 Å². The molecule has 0 bridgehead atoms. The molecule has 0 aliphatic rings. The van der Waals surface area contributed by atoms with Gasteiger partial charge >= 0.3 is 0 Å². The molecule has 0 saturated carbocycles. The van der Waals surface area contributed by atoms with Gasteiger partial charge in [-0.2, -0.15) is 0 Å². The molecule has 0 aliphatic heterocycles. The van der Waals surface area contributed by atoms with Crippen molar-refractivity contribution in [2.45, 2.75) is 6.92 Å². The standard InChI is InChI=1S/C14H10ClFN2O3/c1-8-2-4-12(11(15)6-8)17-14(19)10-7-9(16)3-5-13(10)18(20)21/h2-7H,1H3,(H,17,19). The number of hydrogen-bond acceptors (Lipinski definition) is 3. The molecule has 0 spiro atoms. The van der Waals surface area contributed by atoms with Gasteiger partial charge in [0.25, 0.3) is 11.6 Å². The lowest BCUT2D eigenvalue weighted by Gasteiger charge is -2.08.